The zero-order chi connectivity index (χ0) is 41.3. The molecule has 12 nitrogen and oxygen atoms in total. The summed E-state index contributed by atoms with van der Waals surface area (Å²) in [5.41, 5.74) is 0. The number of rotatable bonds is 38. The Kier molecular flexibility index (Phi) is 32.5. The van der Waals surface area contributed by atoms with Crippen molar-refractivity contribution >= 4 is 22.1 Å². The molecule has 332 valence electrons. The van der Waals surface area contributed by atoms with Gasteiger partial charge in [-0.3, -0.25) is 14.1 Å². The molecule has 1 aliphatic heterocycles. The summed E-state index contributed by atoms with van der Waals surface area (Å²) >= 11 is 0. The maximum absolute atomic E-state index is 12.8. The van der Waals surface area contributed by atoms with E-state index in [-0.39, 0.29) is 19.4 Å². The molecule has 0 spiro atoms. The molecule has 1 aliphatic rings. The van der Waals surface area contributed by atoms with Crippen LogP contribution in [0, 0.1) is 0 Å². The van der Waals surface area contributed by atoms with Crippen molar-refractivity contribution in [1.29, 1.82) is 0 Å². The van der Waals surface area contributed by atoms with Crippen LogP contribution in [-0.2, 0) is 38.7 Å². The molecule has 0 aromatic heterocycles. The van der Waals surface area contributed by atoms with Crippen molar-refractivity contribution in [1.82, 2.24) is 0 Å². The van der Waals surface area contributed by atoms with Crippen LogP contribution < -0.4 is 0 Å². The van der Waals surface area contributed by atoms with Crippen LogP contribution in [0.2, 0.25) is 0 Å². The van der Waals surface area contributed by atoms with Gasteiger partial charge in [0.2, 0.25) is 0 Å². The average Bonchev–Trinajstić information content (AvgIpc) is 3.16. The quantitative estimate of drug-likeness (QED) is 0.0264. The molecule has 1 heterocycles. The molecule has 2 unspecified atom stereocenters. The zero-order valence-electron chi connectivity index (χ0n) is 35.3. The van der Waals surface area contributed by atoms with Crippen molar-refractivity contribution in [3.8, 4) is 0 Å². The minimum absolute atomic E-state index is 0.172. The molecule has 0 amide bonds. The lowest BCUT2D eigenvalue weighted by Crippen LogP contribution is -2.60. The number of ether oxygens (including phenoxy) is 4. The highest BCUT2D eigenvalue weighted by Gasteiger charge is 2.46. The van der Waals surface area contributed by atoms with Crippen molar-refractivity contribution in [3.05, 3.63) is 0 Å². The van der Waals surface area contributed by atoms with Crippen LogP contribution in [0.15, 0.2) is 0 Å². The highest BCUT2D eigenvalue weighted by molar-refractivity contribution is 7.85. The number of aliphatic hydroxyl groups excluding tert-OH is 3. The molecule has 4 N–H and O–H groups in total. The first kappa shape index (κ1) is 52.7. The second kappa shape index (κ2) is 34.5. The van der Waals surface area contributed by atoms with E-state index < -0.39 is 71.2 Å². The summed E-state index contributed by atoms with van der Waals surface area (Å²) in [7, 11) is -4.59. The fourth-order valence-corrected chi connectivity index (χ4v) is 7.84. The number of hydrogen-bond donors (Lipinski definition) is 4. The summed E-state index contributed by atoms with van der Waals surface area (Å²) in [4.78, 5) is 25.4. The van der Waals surface area contributed by atoms with Gasteiger partial charge in [-0.05, 0) is 12.8 Å². The van der Waals surface area contributed by atoms with Gasteiger partial charge in [-0.25, -0.2) is 0 Å². The summed E-state index contributed by atoms with van der Waals surface area (Å²) in [6.45, 7) is 3.77. The monoisotopic (exact) mass is 823 g/mol. The summed E-state index contributed by atoms with van der Waals surface area (Å²) < 4.78 is 54.0. The third kappa shape index (κ3) is 29.0. The highest BCUT2D eigenvalue weighted by atomic mass is 32.2. The largest absolute Gasteiger partial charge is 0.462 e. The fourth-order valence-electron chi connectivity index (χ4n) is 7.15. The number of hydrogen-bond acceptors (Lipinski definition) is 11. The molecule has 6 atom stereocenters. The summed E-state index contributed by atoms with van der Waals surface area (Å²) in [6.07, 6.45) is 24.3. The minimum atomic E-state index is -4.59. The molecule has 13 heteroatoms. The summed E-state index contributed by atoms with van der Waals surface area (Å²) in [6, 6.07) is 0. The van der Waals surface area contributed by atoms with Gasteiger partial charge in [-0.1, -0.05) is 181 Å². The maximum atomic E-state index is 12.8. The SMILES string of the molecule is CCCCCCCCCCCCCCCCCC(=O)OC[C@H](CO[C@H]1O[C@H](CS(=O)(=O)O)[C@@H](O)C(O)C1O)OC(=O)CCCCCCCCCCCCCCC. The normalized spacial score (nSPS) is 20.6. The topological polar surface area (TPSA) is 186 Å². The van der Waals surface area contributed by atoms with Gasteiger partial charge < -0.3 is 34.3 Å². The van der Waals surface area contributed by atoms with Crippen molar-refractivity contribution < 1.29 is 56.8 Å². The fraction of sp³-hybridized carbons (Fsp3) is 0.953. The maximum Gasteiger partial charge on any atom is 0.306 e. The van der Waals surface area contributed by atoms with Gasteiger partial charge in [-0.2, -0.15) is 8.42 Å². The molecule has 0 aliphatic carbocycles. The van der Waals surface area contributed by atoms with Gasteiger partial charge in [0.25, 0.3) is 10.1 Å². The second-order valence-corrected chi connectivity index (χ2v) is 17.6. The lowest BCUT2D eigenvalue weighted by Gasteiger charge is -2.40. The molecular weight excluding hydrogens is 741 g/mol. The third-order valence-corrected chi connectivity index (χ3v) is 11.4. The van der Waals surface area contributed by atoms with Gasteiger partial charge in [0.15, 0.2) is 12.4 Å². The minimum Gasteiger partial charge on any atom is -0.462 e. The predicted octanol–water partition coefficient (Wildman–Crippen LogP) is 8.90. The standard InChI is InChI=1S/C43H82O12S/c1-3-5-7-9-11-13-15-17-18-20-21-23-25-27-29-31-38(44)52-33-36(34-53-43-42(48)41(47)40(46)37(55-43)35-56(49,50)51)54-39(45)32-30-28-26-24-22-19-16-14-12-10-8-6-4-2/h36-37,40-43,46-48H,3-35H2,1-2H3,(H,49,50,51)/t36-,37-,40-,41?,42?,43+/m1/s1. The van der Waals surface area contributed by atoms with Crippen LogP contribution in [0.5, 0.6) is 0 Å². The molecule has 1 rings (SSSR count). The molecule has 0 radical (unpaired) electrons. The third-order valence-electron chi connectivity index (χ3n) is 10.7. The Bertz CT molecular complexity index is 1060. The van der Waals surface area contributed by atoms with Gasteiger partial charge in [0.1, 0.15) is 36.8 Å². The molecule has 0 aromatic carbocycles. The van der Waals surface area contributed by atoms with E-state index in [1.807, 2.05) is 0 Å². The number of esters is 2. The zero-order valence-corrected chi connectivity index (χ0v) is 36.1. The van der Waals surface area contributed by atoms with E-state index in [1.54, 1.807) is 0 Å². The van der Waals surface area contributed by atoms with Crippen LogP contribution in [0.1, 0.15) is 206 Å². The van der Waals surface area contributed by atoms with Crippen LogP contribution in [0.3, 0.4) is 0 Å². The van der Waals surface area contributed by atoms with E-state index in [4.69, 9.17) is 18.9 Å². The lowest BCUT2D eigenvalue weighted by atomic mass is 10.00. The van der Waals surface area contributed by atoms with Crippen molar-refractivity contribution in [3.63, 3.8) is 0 Å². The molecule has 0 saturated carbocycles. The number of carbonyl (C=O) groups excluding carboxylic acids is 2. The van der Waals surface area contributed by atoms with Crippen molar-refractivity contribution in [2.45, 2.75) is 243 Å². The second-order valence-electron chi connectivity index (χ2n) is 16.1. The van der Waals surface area contributed by atoms with Crippen LogP contribution >= 0.6 is 0 Å². The van der Waals surface area contributed by atoms with E-state index in [1.165, 1.54) is 128 Å². The first-order valence-electron chi connectivity index (χ1n) is 22.6. The molecule has 0 bridgehead atoms. The predicted molar refractivity (Wildman–Crippen MR) is 220 cm³/mol. The van der Waals surface area contributed by atoms with E-state index in [0.29, 0.717) is 12.8 Å². The molecule has 1 fully saturated rings. The van der Waals surface area contributed by atoms with Crippen molar-refractivity contribution in [2.75, 3.05) is 19.0 Å². The van der Waals surface area contributed by atoms with E-state index in [0.717, 1.165) is 38.5 Å². The molecule has 1 saturated heterocycles. The molecule has 56 heavy (non-hydrogen) atoms. The van der Waals surface area contributed by atoms with Crippen LogP contribution in [-0.4, -0.2) is 96.0 Å². The van der Waals surface area contributed by atoms with Crippen LogP contribution in [0.25, 0.3) is 0 Å². The highest BCUT2D eigenvalue weighted by Crippen LogP contribution is 2.24. The average molecular weight is 823 g/mol. The first-order chi connectivity index (χ1) is 27.0. The van der Waals surface area contributed by atoms with E-state index >= 15 is 0 Å². The smallest absolute Gasteiger partial charge is 0.306 e. The molecular formula is C43H82O12S. The summed E-state index contributed by atoms with van der Waals surface area (Å²) in [5.74, 6) is -1.96. The summed E-state index contributed by atoms with van der Waals surface area (Å²) in [5, 5.41) is 30.8. The number of carbonyl (C=O) groups is 2. The van der Waals surface area contributed by atoms with Gasteiger partial charge in [-0.15, -0.1) is 0 Å². The lowest BCUT2D eigenvalue weighted by molar-refractivity contribution is -0.297. The van der Waals surface area contributed by atoms with Crippen molar-refractivity contribution in [2.24, 2.45) is 0 Å². The van der Waals surface area contributed by atoms with E-state index in [9.17, 15) is 37.9 Å². The Morgan fingerprint density at radius 1 is 0.536 bits per heavy atom. The van der Waals surface area contributed by atoms with Gasteiger partial charge in [0.05, 0.1) is 6.61 Å². The number of aliphatic hydroxyl groups is 3. The Labute approximate surface area is 340 Å². The Morgan fingerprint density at radius 3 is 1.30 bits per heavy atom. The molecule has 0 aromatic rings. The Morgan fingerprint density at radius 2 is 0.911 bits per heavy atom. The number of unbranched alkanes of at least 4 members (excludes halogenated alkanes) is 26. The van der Waals surface area contributed by atoms with E-state index in [2.05, 4.69) is 13.8 Å². The first-order valence-corrected chi connectivity index (χ1v) is 24.2. The Hall–Kier alpha value is -1.35. The van der Waals surface area contributed by atoms with Gasteiger partial charge in [0, 0.05) is 12.8 Å². The van der Waals surface area contributed by atoms with Crippen LogP contribution in [0.4, 0.5) is 0 Å². The van der Waals surface area contributed by atoms with Gasteiger partial charge >= 0.3 is 11.9 Å². The Balaban J connectivity index is 2.43.